The Morgan fingerprint density at radius 3 is 2.39 bits per heavy atom. The Morgan fingerprint density at radius 2 is 1.87 bits per heavy atom. The Kier molecular flexibility index (Phi) is 6.33. The highest BCUT2D eigenvalue weighted by molar-refractivity contribution is 7.88. The summed E-state index contributed by atoms with van der Waals surface area (Å²) in [6, 6.07) is 6.53. The van der Waals surface area contributed by atoms with Crippen molar-refractivity contribution >= 4 is 16.1 Å². The van der Waals surface area contributed by atoms with Crippen LogP contribution in [-0.4, -0.2) is 56.1 Å². The molecule has 0 aromatic heterocycles. The average molecular weight is 340 g/mol. The molecule has 0 amide bonds. The fourth-order valence-electron chi connectivity index (χ4n) is 3.07. The van der Waals surface area contributed by atoms with E-state index in [1.807, 2.05) is 13.0 Å². The summed E-state index contributed by atoms with van der Waals surface area (Å²) in [7, 11) is -3.12. The summed E-state index contributed by atoms with van der Waals surface area (Å²) >= 11 is 0. The van der Waals surface area contributed by atoms with Crippen LogP contribution in [-0.2, 0) is 10.0 Å². The summed E-state index contributed by atoms with van der Waals surface area (Å²) in [5.41, 5.74) is 0.982. The molecule has 1 aliphatic rings. The summed E-state index contributed by atoms with van der Waals surface area (Å²) in [4.78, 5) is 2.31. The van der Waals surface area contributed by atoms with Gasteiger partial charge in [-0.3, -0.25) is 4.90 Å². The van der Waals surface area contributed by atoms with E-state index in [-0.39, 0.29) is 11.9 Å². The summed E-state index contributed by atoms with van der Waals surface area (Å²) in [6.07, 6.45) is 7.08. The number of nitrogens with zero attached hydrogens (tertiary/aromatic N) is 2. The van der Waals surface area contributed by atoms with Gasteiger partial charge >= 0.3 is 0 Å². The van der Waals surface area contributed by atoms with Crippen molar-refractivity contribution in [2.45, 2.75) is 25.8 Å². The highest BCUT2D eigenvalue weighted by atomic mass is 32.2. The predicted octanol–water partition coefficient (Wildman–Crippen LogP) is 2.58. The standard InChI is InChI=1S/C17H25FN2O2S/c1-3-20(23(2,21)22)17-10-13-19(14-11-17)12-4-5-15-6-8-16(18)9-7-15/h4-9,17H,3,10-14H2,1-2H3. The van der Waals surface area contributed by atoms with Crippen molar-refractivity contribution in [2.75, 3.05) is 32.4 Å². The molecule has 0 radical (unpaired) electrons. The first-order valence-electron chi connectivity index (χ1n) is 8.01. The molecule has 0 atom stereocenters. The second-order valence-corrected chi connectivity index (χ2v) is 7.89. The molecule has 0 bridgehead atoms. The van der Waals surface area contributed by atoms with Gasteiger partial charge in [-0.15, -0.1) is 0 Å². The molecule has 0 aliphatic carbocycles. The van der Waals surface area contributed by atoms with Gasteiger partial charge in [-0.05, 0) is 43.6 Å². The first-order chi connectivity index (χ1) is 10.9. The van der Waals surface area contributed by atoms with Crippen LogP contribution in [0.1, 0.15) is 25.3 Å². The lowest BCUT2D eigenvalue weighted by Crippen LogP contribution is -2.46. The molecule has 1 fully saturated rings. The number of halogens is 1. The van der Waals surface area contributed by atoms with Crippen LogP contribution < -0.4 is 0 Å². The maximum atomic E-state index is 12.8. The third-order valence-electron chi connectivity index (χ3n) is 4.25. The van der Waals surface area contributed by atoms with Crippen molar-refractivity contribution in [3.63, 3.8) is 0 Å². The van der Waals surface area contributed by atoms with Crippen LogP contribution in [0.4, 0.5) is 4.39 Å². The minimum atomic E-state index is -3.12. The molecule has 0 saturated carbocycles. The summed E-state index contributed by atoms with van der Waals surface area (Å²) in [5, 5.41) is 0. The number of sulfonamides is 1. The van der Waals surface area contributed by atoms with Gasteiger partial charge in [0, 0.05) is 19.1 Å². The molecular formula is C17H25FN2O2S. The Hall–Kier alpha value is -1.24. The molecule has 128 valence electrons. The molecule has 4 nitrogen and oxygen atoms in total. The highest BCUT2D eigenvalue weighted by Crippen LogP contribution is 2.19. The number of rotatable bonds is 6. The van der Waals surface area contributed by atoms with Gasteiger partial charge < -0.3 is 0 Å². The number of benzene rings is 1. The third-order valence-corrected chi connectivity index (χ3v) is 5.65. The van der Waals surface area contributed by atoms with Crippen molar-refractivity contribution in [3.8, 4) is 0 Å². The summed E-state index contributed by atoms with van der Waals surface area (Å²) < 4.78 is 38.0. The highest BCUT2D eigenvalue weighted by Gasteiger charge is 2.28. The molecule has 0 unspecified atom stereocenters. The van der Waals surface area contributed by atoms with Gasteiger partial charge in [0.15, 0.2) is 0 Å². The van der Waals surface area contributed by atoms with E-state index in [9.17, 15) is 12.8 Å². The Morgan fingerprint density at radius 1 is 1.26 bits per heavy atom. The summed E-state index contributed by atoms with van der Waals surface area (Å²) in [6.45, 7) is 5.04. The Balaban J connectivity index is 1.82. The second kappa shape index (κ2) is 8.04. The van der Waals surface area contributed by atoms with Crippen molar-refractivity contribution in [1.82, 2.24) is 9.21 Å². The van der Waals surface area contributed by atoms with Crippen LogP contribution in [0.15, 0.2) is 30.3 Å². The van der Waals surface area contributed by atoms with E-state index in [0.29, 0.717) is 6.54 Å². The lowest BCUT2D eigenvalue weighted by Gasteiger charge is -2.36. The first-order valence-corrected chi connectivity index (χ1v) is 9.86. The zero-order valence-electron chi connectivity index (χ0n) is 13.8. The van der Waals surface area contributed by atoms with Gasteiger partial charge in [0.05, 0.1) is 6.26 Å². The van der Waals surface area contributed by atoms with E-state index in [1.54, 1.807) is 16.4 Å². The first kappa shape index (κ1) is 18.1. The Labute approximate surface area is 138 Å². The van der Waals surface area contributed by atoms with E-state index >= 15 is 0 Å². The Bertz CT molecular complexity index is 620. The number of piperidine rings is 1. The number of hydrogen-bond acceptors (Lipinski definition) is 3. The van der Waals surface area contributed by atoms with E-state index in [1.165, 1.54) is 18.4 Å². The zero-order chi connectivity index (χ0) is 16.9. The molecule has 0 spiro atoms. The van der Waals surface area contributed by atoms with E-state index in [4.69, 9.17) is 0 Å². The van der Waals surface area contributed by atoms with Crippen LogP contribution in [0, 0.1) is 5.82 Å². The fourth-order valence-corrected chi connectivity index (χ4v) is 4.29. The molecule has 1 saturated heterocycles. The van der Waals surface area contributed by atoms with Gasteiger partial charge in [-0.25, -0.2) is 12.8 Å². The van der Waals surface area contributed by atoms with Crippen LogP contribution in [0.2, 0.25) is 0 Å². The third kappa shape index (κ3) is 5.41. The maximum absolute atomic E-state index is 12.8. The second-order valence-electron chi connectivity index (χ2n) is 5.95. The van der Waals surface area contributed by atoms with Gasteiger partial charge in [0.1, 0.15) is 5.82 Å². The molecule has 1 aromatic carbocycles. The minimum Gasteiger partial charge on any atom is -0.300 e. The van der Waals surface area contributed by atoms with E-state index in [2.05, 4.69) is 11.0 Å². The fraction of sp³-hybridized carbons (Fsp3) is 0.529. The van der Waals surface area contributed by atoms with Gasteiger partial charge in [-0.1, -0.05) is 31.2 Å². The van der Waals surface area contributed by atoms with Crippen molar-refractivity contribution in [1.29, 1.82) is 0 Å². The quantitative estimate of drug-likeness (QED) is 0.799. The molecule has 1 heterocycles. The molecule has 6 heteroatoms. The smallest absolute Gasteiger partial charge is 0.211 e. The lowest BCUT2D eigenvalue weighted by atomic mass is 10.1. The van der Waals surface area contributed by atoms with Crippen molar-refractivity contribution in [2.24, 2.45) is 0 Å². The molecule has 23 heavy (non-hydrogen) atoms. The van der Waals surface area contributed by atoms with Crippen LogP contribution in [0.3, 0.4) is 0 Å². The largest absolute Gasteiger partial charge is 0.300 e. The SMILES string of the molecule is CCN(C1CCN(CC=Cc2ccc(F)cc2)CC1)S(C)(=O)=O. The molecular weight excluding hydrogens is 315 g/mol. The average Bonchev–Trinajstić information content (AvgIpc) is 2.50. The number of hydrogen-bond donors (Lipinski definition) is 0. The molecule has 0 N–H and O–H groups in total. The monoisotopic (exact) mass is 340 g/mol. The van der Waals surface area contributed by atoms with E-state index in [0.717, 1.165) is 38.0 Å². The van der Waals surface area contributed by atoms with Crippen LogP contribution >= 0.6 is 0 Å². The number of likely N-dealkylation sites (tertiary alicyclic amines) is 1. The van der Waals surface area contributed by atoms with Gasteiger partial charge in [0.25, 0.3) is 0 Å². The predicted molar refractivity (Wildman–Crippen MR) is 92.1 cm³/mol. The lowest BCUT2D eigenvalue weighted by molar-refractivity contribution is 0.174. The minimum absolute atomic E-state index is 0.118. The topological polar surface area (TPSA) is 40.6 Å². The van der Waals surface area contributed by atoms with Crippen molar-refractivity contribution < 1.29 is 12.8 Å². The van der Waals surface area contributed by atoms with E-state index < -0.39 is 10.0 Å². The van der Waals surface area contributed by atoms with Crippen LogP contribution in [0.5, 0.6) is 0 Å². The molecule has 2 rings (SSSR count). The normalized spacial score (nSPS) is 18.1. The van der Waals surface area contributed by atoms with Gasteiger partial charge in [-0.2, -0.15) is 4.31 Å². The zero-order valence-corrected chi connectivity index (χ0v) is 14.6. The van der Waals surface area contributed by atoms with Gasteiger partial charge in [0.2, 0.25) is 10.0 Å². The molecule has 1 aliphatic heterocycles. The van der Waals surface area contributed by atoms with Crippen molar-refractivity contribution in [3.05, 3.63) is 41.7 Å². The maximum Gasteiger partial charge on any atom is 0.211 e. The molecule has 1 aromatic rings. The summed E-state index contributed by atoms with van der Waals surface area (Å²) in [5.74, 6) is -0.226. The van der Waals surface area contributed by atoms with Crippen LogP contribution in [0.25, 0.3) is 6.08 Å².